The van der Waals surface area contributed by atoms with Gasteiger partial charge in [0.1, 0.15) is 22.7 Å². The summed E-state index contributed by atoms with van der Waals surface area (Å²) >= 11 is 5.76. The minimum atomic E-state index is -0.569. The molecule has 0 radical (unpaired) electrons. The van der Waals surface area contributed by atoms with Gasteiger partial charge in [0.2, 0.25) is 0 Å². The van der Waals surface area contributed by atoms with Gasteiger partial charge in [-0.25, -0.2) is 19.3 Å². The second-order valence-electron chi connectivity index (χ2n) is 6.94. The van der Waals surface area contributed by atoms with Gasteiger partial charge < -0.3 is 11.1 Å². The lowest BCUT2D eigenvalue weighted by molar-refractivity contribution is 0.102. The molecule has 9 heteroatoms. The van der Waals surface area contributed by atoms with Crippen molar-refractivity contribution in [2.75, 3.05) is 11.1 Å². The van der Waals surface area contributed by atoms with Gasteiger partial charge in [-0.15, -0.1) is 0 Å². The molecule has 0 spiro atoms. The fourth-order valence-electron chi connectivity index (χ4n) is 2.88. The predicted octanol–water partition coefficient (Wildman–Crippen LogP) is 4.06. The first kappa shape index (κ1) is 21.2. The number of nitrogens with zero attached hydrogens (tertiary/aromatic N) is 4. The van der Waals surface area contributed by atoms with Crippen LogP contribution < -0.4 is 11.1 Å². The van der Waals surface area contributed by atoms with Crippen LogP contribution in [-0.4, -0.2) is 25.8 Å². The molecule has 0 aliphatic heterocycles. The summed E-state index contributed by atoms with van der Waals surface area (Å²) in [5, 5.41) is 2.56. The van der Waals surface area contributed by atoms with E-state index >= 15 is 0 Å². The smallest absolute Gasteiger partial charge is 0.257 e. The second-order valence-corrected chi connectivity index (χ2v) is 7.35. The van der Waals surface area contributed by atoms with E-state index in [0.717, 1.165) is 11.4 Å². The van der Waals surface area contributed by atoms with Crippen molar-refractivity contribution in [1.29, 1.82) is 0 Å². The molecule has 3 aromatic heterocycles. The minimum Gasteiger partial charge on any atom is -0.383 e. The standard InChI is InChI=1S/C23H16ClFN6O/c1-12-13(2)30-21-17(22(26)28-11-20(21)29-12)5-3-14-7-15(10-27-9-14)23(32)31-16-4-6-19(25)18(24)8-16/h4,6-11H,1-2H3,(H2,26,28)(H,31,32). The fourth-order valence-corrected chi connectivity index (χ4v) is 3.06. The molecule has 3 heterocycles. The molecule has 1 amide bonds. The average Bonchev–Trinajstić information content (AvgIpc) is 2.77. The maximum atomic E-state index is 13.3. The molecule has 0 saturated heterocycles. The summed E-state index contributed by atoms with van der Waals surface area (Å²) in [7, 11) is 0. The maximum absolute atomic E-state index is 13.3. The molecule has 3 N–H and O–H groups in total. The van der Waals surface area contributed by atoms with Gasteiger partial charge in [0.05, 0.1) is 33.7 Å². The monoisotopic (exact) mass is 446 g/mol. The quantitative estimate of drug-likeness (QED) is 0.449. The lowest BCUT2D eigenvalue weighted by Crippen LogP contribution is -2.12. The lowest BCUT2D eigenvalue weighted by atomic mass is 10.1. The van der Waals surface area contributed by atoms with Crippen molar-refractivity contribution in [3.05, 3.63) is 81.8 Å². The highest BCUT2D eigenvalue weighted by molar-refractivity contribution is 6.31. The van der Waals surface area contributed by atoms with E-state index < -0.39 is 11.7 Å². The Morgan fingerprint density at radius 1 is 1.09 bits per heavy atom. The summed E-state index contributed by atoms with van der Waals surface area (Å²) in [5.74, 6) is 5.16. The number of amides is 1. The number of hydrogen-bond acceptors (Lipinski definition) is 6. The third-order valence-corrected chi connectivity index (χ3v) is 4.95. The fraction of sp³-hybridized carbons (Fsp3) is 0.0870. The van der Waals surface area contributed by atoms with Gasteiger partial charge in [0.25, 0.3) is 5.91 Å². The highest BCUT2D eigenvalue weighted by Crippen LogP contribution is 2.21. The van der Waals surface area contributed by atoms with Crippen molar-refractivity contribution in [2.24, 2.45) is 0 Å². The number of aryl methyl sites for hydroxylation is 2. The number of aromatic nitrogens is 4. The highest BCUT2D eigenvalue weighted by Gasteiger charge is 2.11. The van der Waals surface area contributed by atoms with Gasteiger partial charge in [-0.1, -0.05) is 23.4 Å². The van der Waals surface area contributed by atoms with Crippen molar-refractivity contribution >= 4 is 40.0 Å². The summed E-state index contributed by atoms with van der Waals surface area (Å²) in [6, 6.07) is 5.49. The minimum absolute atomic E-state index is 0.0876. The van der Waals surface area contributed by atoms with Crippen molar-refractivity contribution in [3.63, 3.8) is 0 Å². The van der Waals surface area contributed by atoms with E-state index in [9.17, 15) is 9.18 Å². The average molecular weight is 447 g/mol. The zero-order chi connectivity index (χ0) is 22.8. The van der Waals surface area contributed by atoms with Crippen LogP contribution in [0.15, 0.2) is 42.9 Å². The Kier molecular flexibility index (Phi) is 5.67. The molecule has 7 nitrogen and oxygen atoms in total. The van der Waals surface area contributed by atoms with E-state index in [-0.39, 0.29) is 16.4 Å². The van der Waals surface area contributed by atoms with E-state index in [1.54, 1.807) is 12.3 Å². The Labute approximate surface area is 187 Å². The zero-order valence-electron chi connectivity index (χ0n) is 17.1. The molecule has 0 saturated carbocycles. The zero-order valence-corrected chi connectivity index (χ0v) is 17.8. The number of benzene rings is 1. The van der Waals surface area contributed by atoms with Crippen molar-refractivity contribution in [3.8, 4) is 11.8 Å². The van der Waals surface area contributed by atoms with Gasteiger partial charge in [0, 0.05) is 23.6 Å². The number of rotatable bonds is 2. The van der Waals surface area contributed by atoms with E-state index in [1.807, 2.05) is 13.8 Å². The summed E-state index contributed by atoms with van der Waals surface area (Å²) < 4.78 is 13.3. The molecule has 4 aromatic rings. The van der Waals surface area contributed by atoms with Crippen LogP contribution in [0.2, 0.25) is 5.02 Å². The van der Waals surface area contributed by atoms with Crippen LogP contribution in [0.25, 0.3) is 11.0 Å². The van der Waals surface area contributed by atoms with E-state index in [4.69, 9.17) is 17.3 Å². The Balaban J connectivity index is 1.65. The molecule has 0 bridgehead atoms. The van der Waals surface area contributed by atoms with Crippen LogP contribution in [0, 0.1) is 31.5 Å². The van der Waals surface area contributed by atoms with Gasteiger partial charge >= 0.3 is 0 Å². The highest BCUT2D eigenvalue weighted by atomic mass is 35.5. The number of carbonyl (C=O) groups excluding carboxylic acids is 1. The Morgan fingerprint density at radius 3 is 2.66 bits per heavy atom. The topological polar surface area (TPSA) is 107 Å². The van der Waals surface area contributed by atoms with E-state index in [1.165, 1.54) is 30.6 Å². The first-order valence-electron chi connectivity index (χ1n) is 9.44. The van der Waals surface area contributed by atoms with Gasteiger partial charge in [-0.3, -0.25) is 9.78 Å². The van der Waals surface area contributed by atoms with Crippen molar-refractivity contribution in [2.45, 2.75) is 13.8 Å². The van der Waals surface area contributed by atoms with E-state index in [0.29, 0.717) is 27.8 Å². The number of carbonyl (C=O) groups is 1. The van der Waals surface area contributed by atoms with E-state index in [2.05, 4.69) is 37.1 Å². The third kappa shape index (κ3) is 4.33. The van der Waals surface area contributed by atoms with Crippen LogP contribution in [0.3, 0.4) is 0 Å². The predicted molar refractivity (Wildman–Crippen MR) is 121 cm³/mol. The molecular weight excluding hydrogens is 431 g/mol. The number of fused-ring (bicyclic) bond motifs is 1. The Hall–Kier alpha value is -4.09. The number of pyridine rings is 2. The summed E-state index contributed by atoms with van der Waals surface area (Å²) in [6.45, 7) is 3.72. The van der Waals surface area contributed by atoms with Crippen LogP contribution in [0.4, 0.5) is 15.9 Å². The molecule has 0 aliphatic carbocycles. The normalized spacial score (nSPS) is 10.5. The van der Waals surface area contributed by atoms with Crippen LogP contribution in [-0.2, 0) is 0 Å². The van der Waals surface area contributed by atoms with Gasteiger partial charge in [0.15, 0.2) is 0 Å². The molecule has 0 atom stereocenters. The number of nitrogens with one attached hydrogen (secondary N) is 1. The number of halogens is 2. The number of hydrogen-bond donors (Lipinski definition) is 2. The summed E-state index contributed by atoms with van der Waals surface area (Å²) in [5.41, 5.74) is 10.3. The molecular formula is C23H16ClFN6O. The SMILES string of the molecule is Cc1nc2cnc(N)c(C#Cc3cncc(C(=O)Nc4ccc(F)c(Cl)c4)c3)c2nc1C. The molecule has 0 unspecified atom stereocenters. The van der Waals surface area contributed by atoms with Gasteiger partial charge in [-0.2, -0.15) is 0 Å². The number of nitrogen functional groups attached to an aromatic ring is 1. The van der Waals surface area contributed by atoms with Crippen molar-refractivity contribution < 1.29 is 9.18 Å². The second kappa shape index (κ2) is 8.57. The molecule has 1 aromatic carbocycles. The maximum Gasteiger partial charge on any atom is 0.257 e. The van der Waals surface area contributed by atoms with Crippen molar-refractivity contribution in [1.82, 2.24) is 19.9 Å². The Morgan fingerprint density at radius 2 is 1.88 bits per heavy atom. The summed E-state index contributed by atoms with van der Waals surface area (Å²) in [6.07, 6.45) is 4.48. The number of anilines is 2. The Bertz CT molecular complexity index is 1440. The third-order valence-electron chi connectivity index (χ3n) is 4.66. The van der Waals surface area contributed by atoms with Gasteiger partial charge in [-0.05, 0) is 38.1 Å². The molecule has 32 heavy (non-hydrogen) atoms. The molecule has 0 fully saturated rings. The first-order valence-corrected chi connectivity index (χ1v) is 9.82. The van der Waals surface area contributed by atoms with Crippen LogP contribution in [0.1, 0.15) is 32.9 Å². The van der Waals surface area contributed by atoms with Crippen LogP contribution in [0.5, 0.6) is 0 Å². The largest absolute Gasteiger partial charge is 0.383 e. The number of nitrogens with two attached hydrogens (primary N) is 1. The molecule has 158 valence electrons. The lowest BCUT2D eigenvalue weighted by Gasteiger charge is -2.06. The molecule has 4 rings (SSSR count). The first-order chi connectivity index (χ1) is 15.3. The van der Waals surface area contributed by atoms with Crippen LogP contribution >= 0.6 is 11.6 Å². The molecule has 0 aliphatic rings. The summed E-state index contributed by atoms with van der Waals surface area (Å²) in [4.78, 5) is 29.8.